The van der Waals surface area contributed by atoms with Crippen molar-refractivity contribution < 1.29 is 17.9 Å². The highest BCUT2D eigenvalue weighted by atomic mass is 32.2. The van der Waals surface area contributed by atoms with Crippen molar-refractivity contribution in [3.63, 3.8) is 0 Å². The van der Waals surface area contributed by atoms with Crippen molar-refractivity contribution in [3.05, 3.63) is 11.6 Å². The average molecular weight is 341 g/mol. The molecule has 0 radical (unpaired) electrons. The fraction of sp³-hybridized carbons (Fsp3) is 0.824. The van der Waals surface area contributed by atoms with Crippen molar-refractivity contribution in [2.75, 3.05) is 19.4 Å². The molecule has 3 atom stereocenters. The number of carbonyl (C=O) groups is 1. The Morgan fingerprint density at radius 3 is 2.74 bits per heavy atom. The Labute approximate surface area is 139 Å². The Bertz CT molecular complexity index is 623. The maximum Gasteiger partial charge on any atom is 0.324 e. The molecule has 2 bridgehead atoms. The van der Waals surface area contributed by atoms with Crippen LogP contribution in [0, 0.1) is 17.3 Å². The predicted molar refractivity (Wildman–Crippen MR) is 88.2 cm³/mol. The van der Waals surface area contributed by atoms with Gasteiger partial charge in [-0.25, -0.2) is 8.42 Å². The third-order valence-electron chi connectivity index (χ3n) is 6.12. The van der Waals surface area contributed by atoms with E-state index >= 15 is 0 Å². The van der Waals surface area contributed by atoms with Crippen LogP contribution >= 0.6 is 0 Å². The Kier molecular flexibility index (Phi) is 4.34. The number of fused-ring (bicyclic) bond motifs is 1. The molecule has 1 aliphatic heterocycles. The number of sulfonamides is 1. The summed E-state index contributed by atoms with van der Waals surface area (Å²) in [7, 11) is -3.37. The molecule has 3 aliphatic carbocycles. The van der Waals surface area contributed by atoms with Crippen LogP contribution in [-0.2, 0) is 19.6 Å². The summed E-state index contributed by atoms with van der Waals surface area (Å²) in [6.45, 7) is 5.30. The van der Waals surface area contributed by atoms with Crippen molar-refractivity contribution >= 4 is 16.0 Å². The van der Waals surface area contributed by atoms with Crippen LogP contribution in [-0.4, -0.2) is 44.1 Å². The third-order valence-corrected chi connectivity index (χ3v) is 7.40. The molecule has 23 heavy (non-hydrogen) atoms. The van der Waals surface area contributed by atoms with Crippen LogP contribution in [0.15, 0.2) is 11.6 Å². The Morgan fingerprint density at radius 1 is 1.39 bits per heavy atom. The Balaban J connectivity index is 1.62. The van der Waals surface area contributed by atoms with Crippen molar-refractivity contribution in [1.82, 2.24) is 4.31 Å². The van der Waals surface area contributed by atoms with Gasteiger partial charge < -0.3 is 4.74 Å². The molecule has 2 fully saturated rings. The summed E-state index contributed by atoms with van der Waals surface area (Å²) in [5, 5.41) is 0. The summed E-state index contributed by atoms with van der Waals surface area (Å²) in [6.07, 6.45) is 7.86. The summed E-state index contributed by atoms with van der Waals surface area (Å²) in [4.78, 5) is 12.4. The van der Waals surface area contributed by atoms with Crippen molar-refractivity contribution in [1.29, 1.82) is 0 Å². The third kappa shape index (κ3) is 3.07. The van der Waals surface area contributed by atoms with Crippen molar-refractivity contribution in [2.24, 2.45) is 17.3 Å². The quantitative estimate of drug-likeness (QED) is 0.581. The van der Waals surface area contributed by atoms with Gasteiger partial charge in [0, 0.05) is 6.54 Å². The lowest BCUT2D eigenvalue weighted by Gasteiger charge is -2.56. The van der Waals surface area contributed by atoms with Crippen LogP contribution in [0.5, 0.6) is 0 Å². The van der Waals surface area contributed by atoms with Gasteiger partial charge in [-0.15, -0.1) is 0 Å². The first-order valence-electron chi connectivity index (χ1n) is 8.53. The molecule has 6 heteroatoms. The zero-order valence-corrected chi connectivity index (χ0v) is 15.1. The van der Waals surface area contributed by atoms with E-state index in [2.05, 4.69) is 19.9 Å². The molecule has 0 amide bonds. The van der Waals surface area contributed by atoms with Crippen LogP contribution < -0.4 is 0 Å². The monoisotopic (exact) mass is 341 g/mol. The molecule has 4 rings (SSSR count). The SMILES string of the molecule is CC1(C)[C@H]2CC=C(COC(=O)[C@@H]3CCCCN3S(C)(=O)=O)[C@@H]1C2. The minimum atomic E-state index is -3.37. The van der Waals surface area contributed by atoms with Crippen LogP contribution in [0.3, 0.4) is 0 Å². The second-order valence-corrected chi connectivity index (χ2v) is 9.75. The molecule has 0 unspecified atom stereocenters. The van der Waals surface area contributed by atoms with Crippen LogP contribution in [0.4, 0.5) is 0 Å². The predicted octanol–water partition coefficient (Wildman–Crippen LogP) is 2.34. The molecule has 130 valence electrons. The summed E-state index contributed by atoms with van der Waals surface area (Å²) in [5.41, 5.74) is 1.52. The first-order valence-corrected chi connectivity index (χ1v) is 10.4. The fourth-order valence-electron chi connectivity index (χ4n) is 4.43. The lowest BCUT2D eigenvalue weighted by molar-refractivity contribution is -0.149. The van der Waals surface area contributed by atoms with Crippen molar-refractivity contribution in [3.8, 4) is 0 Å². The van der Waals surface area contributed by atoms with E-state index in [4.69, 9.17) is 4.74 Å². The van der Waals surface area contributed by atoms with Gasteiger partial charge in [0.1, 0.15) is 12.6 Å². The molecule has 0 aromatic rings. The van der Waals surface area contributed by atoms with Gasteiger partial charge in [0.2, 0.25) is 10.0 Å². The molecule has 1 saturated heterocycles. The van der Waals surface area contributed by atoms with Gasteiger partial charge >= 0.3 is 5.97 Å². The molecule has 0 N–H and O–H groups in total. The second-order valence-electron chi connectivity index (χ2n) is 7.81. The van der Waals surface area contributed by atoms with Gasteiger partial charge in [0.15, 0.2) is 0 Å². The fourth-order valence-corrected chi connectivity index (χ4v) is 5.54. The maximum absolute atomic E-state index is 12.4. The van der Waals surface area contributed by atoms with Gasteiger partial charge in [-0.2, -0.15) is 4.31 Å². The van der Waals surface area contributed by atoms with E-state index < -0.39 is 22.0 Å². The summed E-state index contributed by atoms with van der Waals surface area (Å²) in [6, 6.07) is -0.648. The normalized spacial score (nSPS) is 33.5. The Morgan fingerprint density at radius 2 is 2.13 bits per heavy atom. The van der Waals surface area contributed by atoms with E-state index in [0.29, 0.717) is 30.9 Å². The second kappa shape index (κ2) is 5.88. The molecular weight excluding hydrogens is 314 g/mol. The van der Waals surface area contributed by atoms with Gasteiger partial charge in [0.05, 0.1) is 6.26 Å². The van der Waals surface area contributed by atoms with Gasteiger partial charge in [-0.1, -0.05) is 19.9 Å². The van der Waals surface area contributed by atoms with E-state index in [0.717, 1.165) is 25.2 Å². The molecule has 1 heterocycles. The van der Waals surface area contributed by atoms with Gasteiger partial charge in [-0.05, 0) is 54.9 Å². The smallest absolute Gasteiger partial charge is 0.324 e. The number of hydrogen-bond acceptors (Lipinski definition) is 4. The number of ether oxygens (including phenoxy) is 1. The molecule has 1 saturated carbocycles. The highest BCUT2D eigenvalue weighted by Crippen LogP contribution is 2.59. The summed E-state index contributed by atoms with van der Waals surface area (Å²) in [5.74, 6) is 0.868. The van der Waals surface area contributed by atoms with Gasteiger partial charge in [0.25, 0.3) is 0 Å². The van der Waals surface area contributed by atoms with Crippen LogP contribution in [0.25, 0.3) is 0 Å². The Hall–Kier alpha value is -0.880. The van der Waals surface area contributed by atoms with Crippen LogP contribution in [0.2, 0.25) is 0 Å². The number of piperidine rings is 1. The largest absolute Gasteiger partial charge is 0.460 e. The zero-order chi connectivity index (χ0) is 16.8. The van der Waals surface area contributed by atoms with E-state index in [1.165, 1.54) is 22.6 Å². The first kappa shape index (κ1) is 17.0. The molecule has 0 aromatic heterocycles. The van der Waals surface area contributed by atoms with E-state index in [1.54, 1.807) is 0 Å². The number of esters is 1. The van der Waals surface area contributed by atoms with E-state index in [1.807, 2.05) is 0 Å². The average Bonchev–Trinajstić information content (AvgIpc) is 2.51. The maximum atomic E-state index is 12.4. The van der Waals surface area contributed by atoms with E-state index in [-0.39, 0.29) is 0 Å². The lowest BCUT2D eigenvalue weighted by atomic mass is 9.49. The lowest BCUT2D eigenvalue weighted by Crippen LogP contribution is -2.50. The topological polar surface area (TPSA) is 63.7 Å². The van der Waals surface area contributed by atoms with Crippen molar-refractivity contribution in [2.45, 2.75) is 52.0 Å². The van der Waals surface area contributed by atoms with Crippen LogP contribution in [0.1, 0.15) is 46.0 Å². The van der Waals surface area contributed by atoms with E-state index in [9.17, 15) is 13.2 Å². The number of carbonyl (C=O) groups excluding carboxylic acids is 1. The number of hydrogen-bond donors (Lipinski definition) is 0. The number of nitrogens with zero attached hydrogens (tertiary/aromatic N) is 1. The first-order chi connectivity index (χ1) is 10.7. The minimum Gasteiger partial charge on any atom is -0.460 e. The molecule has 4 aliphatic rings. The zero-order valence-electron chi connectivity index (χ0n) is 14.2. The molecular formula is C17H27NO4S. The molecule has 0 spiro atoms. The molecule has 5 nitrogen and oxygen atoms in total. The highest BCUT2D eigenvalue weighted by molar-refractivity contribution is 7.88. The van der Waals surface area contributed by atoms with Gasteiger partial charge in [-0.3, -0.25) is 4.79 Å². The minimum absolute atomic E-state index is 0.306. The number of rotatable bonds is 4. The highest BCUT2D eigenvalue weighted by Gasteiger charge is 2.51. The number of allylic oxidation sites excluding steroid dienone is 1. The standard InChI is InChI=1S/C17H27NO4S/c1-17(2)13-8-7-12(14(17)10-13)11-22-16(19)15-6-4-5-9-18(15)23(3,20)21/h7,13-15H,4-6,8-11H2,1-3H3/t13-,14-,15-/m0/s1. The molecule has 0 aromatic carbocycles. The summed E-state index contributed by atoms with van der Waals surface area (Å²) < 4.78 is 30.5. The summed E-state index contributed by atoms with van der Waals surface area (Å²) >= 11 is 0.